The van der Waals surface area contributed by atoms with Gasteiger partial charge in [-0.3, -0.25) is 0 Å². The summed E-state index contributed by atoms with van der Waals surface area (Å²) in [6, 6.07) is 0. The molecule has 2 rings (SSSR count). The van der Waals surface area contributed by atoms with Crippen LogP contribution in [0.4, 0.5) is 0 Å². The largest absolute Gasteiger partial charge is 0.369 e. The molecule has 1 aliphatic carbocycles. The second kappa shape index (κ2) is 2.18. The fourth-order valence-electron chi connectivity index (χ4n) is 2.02. The smallest absolute Gasteiger partial charge is 0.170 e. The normalized spacial score (nSPS) is 51.1. The first-order chi connectivity index (χ1) is 5.71. The Balaban J connectivity index is 2.59. The molecule has 1 aliphatic heterocycles. The molecule has 1 saturated carbocycles. The molecular formula is C7H10Cl2O3S. The molecule has 0 aromatic heterocycles. The summed E-state index contributed by atoms with van der Waals surface area (Å²) < 4.78 is 26.3. The Labute approximate surface area is 87.3 Å². The number of sulfone groups is 1. The van der Waals surface area contributed by atoms with E-state index >= 15 is 0 Å². The van der Waals surface area contributed by atoms with E-state index in [0.29, 0.717) is 0 Å². The summed E-state index contributed by atoms with van der Waals surface area (Å²) >= 11 is 11.9. The summed E-state index contributed by atoms with van der Waals surface area (Å²) in [5.41, 5.74) is -0.944. The van der Waals surface area contributed by atoms with Crippen molar-refractivity contribution in [1.29, 1.82) is 0 Å². The number of halogens is 2. The predicted molar refractivity (Wildman–Crippen MR) is 51.0 cm³/mol. The maximum Gasteiger partial charge on any atom is 0.170 e. The Morgan fingerprint density at radius 1 is 1.31 bits per heavy atom. The highest BCUT2D eigenvalue weighted by atomic mass is 35.5. The van der Waals surface area contributed by atoms with Crippen LogP contribution in [0.2, 0.25) is 0 Å². The number of alkyl halides is 2. The van der Waals surface area contributed by atoms with Gasteiger partial charge in [-0.15, -0.1) is 0 Å². The molecule has 2 fully saturated rings. The van der Waals surface area contributed by atoms with E-state index in [9.17, 15) is 8.42 Å². The third kappa shape index (κ3) is 0.761. The lowest BCUT2D eigenvalue weighted by molar-refractivity contribution is 0.0412. The van der Waals surface area contributed by atoms with Crippen LogP contribution in [0.3, 0.4) is 0 Å². The maximum absolute atomic E-state index is 11.7. The van der Waals surface area contributed by atoms with Crippen molar-refractivity contribution in [3.63, 3.8) is 0 Å². The van der Waals surface area contributed by atoms with Crippen LogP contribution in [-0.4, -0.2) is 35.5 Å². The van der Waals surface area contributed by atoms with Gasteiger partial charge in [0.05, 0.1) is 12.4 Å². The lowest BCUT2D eigenvalue weighted by atomic mass is 10.3. The van der Waals surface area contributed by atoms with Gasteiger partial charge in [-0.1, -0.05) is 23.2 Å². The fourth-order valence-corrected chi connectivity index (χ4v) is 5.64. The number of hydrogen-bond acceptors (Lipinski definition) is 3. The van der Waals surface area contributed by atoms with E-state index in [-0.39, 0.29) is 12.4 Å². The minimum absolute atomic E-state index is 0.000278. The standard InChI is InChI=1S/C7H10Cl2O3S/c1-5-6(2,7(5,8)9)13(10,11)4-3-12-5/h3-4H2,1-2H3/t5-,6+/m1/s1. The van der Waals surface area contributed by atoms with Crippen LogP contribution in [0.15, 0.2) is 0 Å². The summed E-state index contributed by atoms with van der Waals surface area (Å²) in [6.45, 7) is 3.36. The SMILES string of the molecule is C[C@@]12OCCS(=O)(=O)[C@]1(C)C2(Cl)Cl. The first-order valence-electron chi connectivity index (χ1n) is 3.95. The van der Waals surface area contributed by atoms with E-state index in [4.69, 9.17) is 27.9 Å². The quantitative estimate of drug-likeness (QED) is 0.601. The van der Waals surface area contributed by atoms with Crippen molar-refractivity contribution in [2.45, 2.75) is 28.5 Å². The predicted octanol–water partition coefficient (Wildman–Crippen LogP) is 1.14. The fraction of sp³-hybridized carbons (Fsp3) is 1.00. The van der Waals surface area contributed by atoms with Gasteiger partial charge < -0.3 is 4.74 Å². The molecule has 0 N–H and O–H groups in total. The van der Waals surface area contributed by atoms with Crippen LogP contribution in [-0.2, 0) is 14.6 Å². The summed E-state index contributed by atoms with van der Waals surface area (Å²) in [5.74, 6) is 0.000278. The molecule has 0 aromatic carbocycles. The van der Waals surface area contributed by atoms with Crippen LogP contribution < -0.4 is 0 Å². The van der Waals surface area contributed by atoms with Crippen LogP contribution in [0.5, 0.6) is 0 Å². The molecule has 0 radical (unpaired) electrons. The van der Waals surface area contributed by atoms with Crippen molar-refractivity contribution in [1.82, 2.24) is 0 Å². The van der Waals surface area contributed by atoms with Crippen LogP contribution in [0.25, 0.3) is 0 Å². The molecule has 0 unspecified atom stereocenters. The van der Waals surface area contributed by atoms with Crippen LogP contribution in [0.1, 0.15) is 13.8 Å². The lowest BCUT2D eigenvalue weighted by Crippen LogP contribution is -2.40. The van der Waals surface area contributed by atoms with Crippen molar-refractivity contribution in [2.24, 2.45) is 0 Å². The van der Waals surface area contributed by atoms with Gasteiger partial charge in [-0.05, 0) is 13.8 Å². The lowest BCUT2D eigenvalue weighted by Gasteiger charge is -2.23. The van der Waals surface area contributed by atoms with Gasteiger partial charge in [0, 0.05) is 0 Å². The minimum Gasteiger partial charge on any atom is -0.369 e. The van der Waals surface area contributed by atoms with Gasteiger partial charge >= 0.3 is 0 Å². The molecule has 2 atom stereocenters. The van der Waals surface area contributed by atoms with Gasteiger partial charge in [-0.25, -0.2) is 8.42 Å². The zero-order chi connectivity index (χ0) is 10.1. The Morgan fingerprint density at radius 3 is 2.23 bits per heavy atom. The van der Waals surface area contributed by atoms with Crippen molar-refractivity contribution in [3.8, 4) is 0 Å². The van der Waals surface area contributed by atoms with Crippen LogP contribution >= 0.6 is 23.2 Å². The summed E-state index contributed by atoms with van der Waals surface area (Å²) in [6.07, 6.45) is 0. The summed E-state index contributed by atoms with van der Waals surface area (Å²) in [7, 11) is -3.24. The first-order valence-corrected chi connectivity index (χ1v) is 6.36. The Morgan fingerprint density at radius 2 is 1.85 bits per heavy atom. The minimum atomic E-state index is -3.24. The molecule has 76 valence electrons. The maximum atomic E-state index is 11.7. The molecule has 2 aliphatic rings. The van der Waals surface area contributed by atoms with E-state index in [0.717, 1.165) is 0 Å². The number of ether oxygens (including phenoxy) is 1. The molecule has 0 spiro atoms. The molecule has 0 amide bonds. The van der Waals surface area contributed by atoms with Gasteiger partial charge in [0.2, 0.25) is 0 Å². The topological polar surface area (TPSA) is 43.4 Å². The second-order valence-electron chi connectivity index (χ2n) is 3.81. The molecule has 3 nitrogen and oxygen atoms in total. The highest BCUT2D eigenvalue weighted by molar-refractivity contribution is 7.93. The molecular weight excluding hydrogens is 235 g/mol. The molecule has 1 heterocycles. The van der Waals surface area contributed by atoms with E-state index in [1.807, 2.05) is 0 Å². The third-order valence-corrected chi connectivity index (χ3v) is 7.76. The van der Waals surface area contributed by atoms with Gasteiger partial charge in [-0.2, -0.15) is 0 Å². The van der Waals surface area contributed by atoms with E-state index in [2.05, 4.69) is 0 Å². The molecule has 0 aromatic rings. The van der Waals surface area contributed by atoms with E-state index in [1.165, 1.54) is 0 Å². The number of rotatable bonds is 0. The van der Waals surface area contributed by atoms with E-state index < -0.39 is 24.5 Å². The van der Waals surface area contributed by atoms with Crippen molar-refractivity contribution in [2.75, 3.05) is 12.4 Å². The molecule has 6 heteroatoms. The Hall–Kier alpha value is 0.490. The van der Waals surface area contributed by atoms with Gasteiger partial charge in [0.15, 0.2) is 14.2 Å². The van der Waals surface area contributed by atoms with Crippen molar-refractivity contribution < 1.29 is 13.2 Å². The molecule has 1 saturated heterocycles. The average Bonchev–Trinajstić information content (AvgIpc) is 2.31. The Kier molecular flexibility index (Phi) is 1.68. The highest BCUT2D eigenvalue weighted by Crippen LogP contribution is 2.72. The third-order valence-electron chi connectivity index (χ3n) is 3.41. The van der Waals surface area contributed by atoms with Crippen LogP contribution in [0, 0.1) is 0 Å². The number of fused-ring (bicyclic) bond motifs is 1. The molecule has 13 heavy (non-hydrogen) atoms. The summed E-state index contributed by atoms with van der Waals surface area (Å²) in [5, 5.41) is 0. The Bertz CT molecular complexity index is 364. The zero-order valence-corrected chi connectivity index (χ0v) is 9.63. The van der Waals surface area contributed by atoms with Gasteiger partial charge in [0.1, 0.15) is 10.3 Å². The zero-order valence-electron chi connectivity index (χ0n) is 7.30. The summed E-state index contributed by atoms with van der Waals surface area (Å²) in [4.78, 5) is 0. The molecule has 0 bridgehead atoms. The van der Waals surface area contributed by atoms with Gasteiger partial charge in [0.25, 0.3) is 0 Å². The van der Waals surface area contributed by atoms with E-state index in [1.54, 1.807) is 13.8 Å². The monoisotopic (exact) mass is 244 g/mol. The highest BCUT2D eigenvalue weighted by Gasteiger charge is 2.90. The van der Waals surface area contributed by atoms with Crippen molar-refractivity contribution in [3.05, 3.63) is 0 Å². The second-order valence-corrected chi connectivity index (χ2v) is 7.59. The first kappa shape index (κ1) is 10.0. The van der Waals surface area contributed by atoms with Crippen molar-refractivity contribution >= 4 is 33.0 Å². The number of hydrogen-bond donors (Lipinski definition) is 0. The average molecular weight is 245 g/mol.